The molecular formula is C28H22N2. The minimum absolute atomic E-state index is 0.649. The summed E-state index contributed by atoms with van der Waals surface area (Å²) in [6.45, 7) is 2.06. The van der Waals surface area contributed by atoms with Crippen LogP contribution in [0.2, 0.25) is 0 Å². The molecule has 0 bridgehead atoms. The minimum atomic E-state index is 0.649. The highest BCUT2D eigenvalue weighted by atomic mass is 15.1. The molecule has 0 fully saturated rings. The number of hydrogen-bond donors (Lipinski definition) is 0. The van der Waals surface area contributed by atoms with E-state index in [0.29, 0.717) is 5.57 Å². The van der Waals surface area contributed by atoms with Crippen LogP contribution in [0.25, 0.3) is 11.6 Å². The molecule has 0 amide bonds. The third kappa shape index (κ3) is 4.32. The van der Waals surface area contributed by atoms with Crippen LogP contribution in [0.3, 0.4) is 0 Å². The fraction of sp³-hybridized carbons (Fsp3) is 0.0357. The molecule has 4 aromatic carbocycles. The maximum atomic E-state index is 9.70. The first kappa shape index (κ1) is 19.2. The SMILES string of the molecule is Cc1ccc(/C=C(\C#N)c2ccc(N(c3ccccc3)c3ccccc3)cc2)cc1. The monoisotopic (exact) mass is 386 g/mol. The van der Waals surface area contributed by atoms with Gasteiger partial charge in [0.25, 0.3) is 0 Å². The topological polar surface area (TPSA) is 27.0 Å². The van der Waals surface area contributed by atoms with Gasteiger partial charge in [-0.05, 0) is 60.5 Å². The summed E-state index contributed by atoms with van der Waals surface area (Å²) in [5.41, 5.74) is 7.01. The first-order chi connectivity index (χ1) is 14.7. The van der Waals surface area contributed by atoms with Gasteiger partial charge < -0.3 is 4.90 Å². The number of benzene rings is 4. The second-order valence-corrected chi connectivity index (χ2v) is 7.13. The van der Waals surface area contributed by atoms with Gasteiger partial charge in [0, 0.05) is 17.1 Å². The largest absolute Gasteiger partial charge is 0.311 e. The molecule has 4 aromatic rings. The van der Waals surface area contributed by atoms with Crippen LogP contribution >= 0.6 is 0 Å². The zero-order chi connectivity index (χ0) is 20.8. The van der Waals surface area contributed by atoms with E-state index in [1.807, 2.05) is 66.7 Å². The van der Waals surface area contributed by atoms with Crippen molar-refractivity contribution in [3.05, 3.63) is 126 Å². The summed E-state index contributed by atoms with van der Waals surface area (Å²) in [5, 5.41) is 9.70. The van der Waals surface area contributed by atoms with Crippen molar-refractivity contribution in [3.8, 4) is 6.07 Å². The lowest BCUT2D eigenvalue weighted by Gasteiger charge is -2.25. The molecular weight excluding hydrogens is 364 g/mol. The third-order valence-electron chi connectivity index (χ3n) is 4.97. The molecule has 0 aliphatic carbocycles. The normalized spacial score (nSPS) is 11.0. The molecule has 0 unspecified atom stereocenters. The maximum Gasteiger partial charge on any atom is 0.0998 e. The number of hydrogen-bond acceptors (Lipinski definition) is 2. The fourth-order valence-corrected chi connectivity index (χ4v) is 3.40. The van der Waals surface area contributed by atoms with Gasteiger partial charge in [-0.25, -0.2) is 0 Å². The molecule has 4 rings (SSSR count). The van der Waals surface area contributed by atoms with E-state index in [2.05, 4.69) is 66.4 Å². The second kappa shape index (κ2) is 8.94. The predicted molar refractivity (Wildman–Crippen MR) is 126 cm³/mol. The molecule has 30 heavy (non-hydrogen) atoms. The van der Waals surface area contributed by atoms with Gasteiger partial charge in [0.1, 0.15) is 0 Å². The molecule has 0 aliphatic heterocycles. The second-order valence-electron chi connectivity index (χ2n) is 7.13. The van der Waals surface area contributed by atoms with Crippen LogP contribution in [-0.2, 0) is 0 Å². The number of para-hydroxylation sites is 2. The number of rotatable bonds is 5. The van der Waals surface area contributed by atoms with E-state index in [4.69, 9.17) is 0 Å². The van der Waals surface area contributed by atoms with Crippen molar-refractivity contribution >= 4 is 28.7 Å². The Morgan fingerprint density at radius 1 is 0.667 bits per heavy atom. The molecule has 0 atom stereocenters. The summed E-state index contributed by atoms with van der Waals surface area (Å²) < 4.78 is 0. The van der Waals surface area contributed by atoms with Crippen LogP contribution in [0.1, 0.15) is 16.7 Å². The van der Waals surface area contributed by atoms with Crippen molar-refractivity contribution in [1.82, 2.24) is 0 Å². The van der Waals surface area contributed by atoms with E-state index < -0.39 is 0 Å². The molecule has 0 saturated carbocycles. The van der Waals surface area contributed by atoms with Crippen LogP contribution in [0.4, 0.5) is 17.1 Å². The number of nitrogens with zero attached hydrogens (tertiary/aromatic N) is 2. The Balaban J connectivity index is 1.70. The van der Waals surface area contributed by atoms with Gasteiger partial charge in [-0.1, -0.05) is 78.4 Å². The predicted octanol–water partition coefficient (Wildman–Crippen LogP) is 7.53. The standard InChI is InChI=1S/C28H22N2/c1-22-12-14-23(15-13-22)20-25(21-29)24-16-18-28(19-17-24)30(26-8-4-2-5-9-26)27-10-6-3-7-11-27/h2-20H,1H3/b25-20+. The first-order valence-corrected chi connectivity index (χ1v) is 9.94. The van der Waals surface area contributed by atoms with Crippen molar-refractivity contribution in [1.29, 1.82) is 5.26 Å². The highest BCUT2D eigenvalue weighted by molar-refractivity contribution is 5.90. The lowest BCUT2D eigenvalue weighted by atomic mass is 10.0. The van der Waals surface area contributed by atoms with Crippen molar-refractivity contribution in [3.63, 3.8) is 0 Å². The third-order valence-corrected chi connectivity index (χ3v) is 4.97. The van der Waals surface area contributed by atoms with Gasteiger partial charge in [-0.3, -0.25) is 0 Å². The van der Waals surface area contributed by atoms with E-state index in [0.717, 1.165) is 28.2 Å². The lowest BCUT2D eigenvalue weighted by Crippen LogP contribution is -2.09. The molecule has 0 N–H and O–H groups in total. The van der Waals surface area contributed by atoms with E-state index >= 15 is 0 Å². The van der Waals surface area contributed by atoms with Gasteiger partial charge in [-0.2, -0.15) is 5.26 Å². The molecule has 0 aliphatic rings. The lowest BCUT2D eigenvalue weighted by molar-refractivity contribution is 1.28. The van der Waals surface area contributed by atoms with Gasteiger partial charge >= 0.3 is 0 Å². The van der Waals surface area contributed by atoms with Crippen molar-refractivity contribution in [2.24, 2.45) is 0 Å². The van der Waals surface area contributed by atoms with Crippen LogP contribution in [0.15, 0.2) is 109 Å². The Labute approximate surface area is 178 Å². The molecule has 0 heterocycles. The molecule has 0 spiro atoms. The van der Waals surface area contributed by atoms with Gasteiger partial charge in [0.05, 0.1) is 11.6 Å². The average molecular weight is 386 g/mol. The molecule has 0 aromatic heterocycles. The molecule has 2 heteroatoms. The summed E-state index contributed by atoms with van der Waals surface area (Å²) in [5.74, 6) is 0. The van der Waals surface area contributed by atoms with E-state index in [1.165, 1.54) is 5.56 Å². The Morgan fingerprint density at radius 2 is 1.17 bits per heavy atom. The molecule has 144 valence electrons. The van der Waals surface area contributed by atoms with Gasteiger partial charge in [0.2, 0.25) is 0 Å². The van der Waals surface area contributed by atoms with Gasteiger partial charge in [0.15, 0.2) is 0 Å². The highest BCUT2D eigenvalue weighted by Crippen LogP contribution is 2.34. The summed E-state index contributed by atoms with van der Waals surface area (Å²) >= 11 is 0. The summed E-state index contributed by atoms with van der Waals surface area (Å²) in [7, 11) is 0. The molecule has 2 nitrogen and oxygen atoms in total. The summed E-state index contributed by atoms with van der Waals surface area (Å²) in [6, 6.07) is 39.3. The fourth-order valence-electron chi connectivity index (χ4n) is 3.40. The smallest absolute Gasteiger partial charge is 0.0998 e. The van der Waals surface area contributed by atoms with Crippen LogP contribution in [0.5, 0.6) is 0 Å². The quantitative estimate of drug-likeness (QED) is 0.262. The van der Waals surface area contributed by atoms with Crippen LogP contribution in [0, 0.1) is 18.3 Å². The van der Waals surface area contributed by atoms with Crippen LogP contribution in [-0.4, -0.2) is 0 Å². The summed E-state index contributed by atoms with van der Waals surface area (Å²) in [6.07, 6.45) is 1.93. The van der Waals surface area contributed by atoms with Crippen molar-refractivity contribution < 1.29 is 0 Å². The van der Waals surface area contributed by atoms with E-state index in [9.17, 15) is 5.26 Å². The van der Waals surface area contributed by atoms with Crippen molar-refractivity contribution in [2.45, 2.75) is 6.92 Å². The Morgan fingerprint density at radius 3 is 1.67 bits per heavy atom. The van der Waals surface area contributed by atoms with Crippen LogP contribution < -0.4 is 4.90 Å². The summed E-state index contributed by atoms with van der Waals surface area (Å²) in [4.78, 5) is 2.21. The zero-order valence-corrected chi connectivity index (χ0v) is 16.9. The number of anilines is 3. The molecule has 0 radical (unpaired) electrons. The van der Waals surface area contributed by atoms with E-state index in [-0.39, 0.29) is 0 Å². The Kier molecular flexibility index (Phi) is 5.73. The number of aryl methyl sites for hydroxylation is 1. The minimum Gasteiger partial charge on any atom is -0.311 e. The average Bonchev–Trinajstić information content (AvgIpc) is 2.81. The Hall–Kier alpha value is -4.09. The zero-order valence-electron chi connectivity index (χ0n) is 16.9. The number of allylic oxidation sites excluding steroid dienone is 1. The number of nitriles is 1. The van der Waals surface area contributed by atoms with Crippen molar-refractivity contribution in [2.75, 3.05) is 4.90 Å². The molecule has 0 saturated heterocycles. The van der Waals surface area contributed by atoms with E-state index in [1.54, 1.807) is 0 Å². The Bertz CT molecular complexity index is 1130. The highest BCUT2D eigenvalue weighted by Gasteiger charge is 2.12. The van der Waals surface area contributed by atoms with Gasteiger partial charge in [-0.15, -0.1) is 0 Å². The first-order valence-electron chi connectivity index (χ1n) is 9.94. The maximum absolute atomic E-state index is 9.70.